The van der Waals surface area contributed by atoms with Crippen molar-refractivity contribution in [3.8, 4) is 0 Å². The van der Waals surface area contributed by atoms with Crippen LogP contribution in [0, 0.1) is 6.92 Å². The number of amides is 1. The Labute approximate surface area is 110 Å². The molecule has 0 fully saturated rings. The first kappa shape index (κ1) is 13.3. The molecule has 19 heavy (non-hydrogen) atoms. The number of carbonyl (C=O) groups is 1. The van der Waals surface area contributed by atoms with Crippen molar-refractivity contribution < 1.29 is 13.2 Å². The van der Waals surface area contributed by atoms with Crippen molar-refractivity contribution in [2.75, 3.05) is 0 Å². The van der Waals surface area contributed by atoms with Crippen molar-refractivity contribution in [2.45, 2.75) is 18.7 Å². The lowest BCUT2D eigenvalue weighted by Crippen LogP contribution is -2.24. The second-order valence-corrected chi connectivity index (χ2v) is 6.40. The number of hydrogen-bond donors (Lipinski definition) is 2. The molecule has 1 aliphatic rings. The van der Waals surface area contributed by atoms with Gasteiger partial charge in [0.2, 0.25) is 9.84 Å². The summed E-state index contributed by atoms with van der Waals surface area (Å²) in [4.78, 5) is 15.6. The maximum Gasteiger partial charge on any atom is 0.280 e. The van der Waals surface area contributed by atoms with Gasteiger partial charge in [0.25, 0.3) is 5.91 Å². The van der Waals surface area contributed by atoms with Crippen molar-refractivity contribution in [3.63, 3.8) is 0 Å². The van der Waals surface area contributed by atoms with E-state index in [2.05, 4.69) is 4.99 Å². The Morgan fingerprint density at radius 2 is 1.84 bits per heavy atom. The number of allylic oxidation sites excluding steroid dienone is 1. The van der Waals surface area contributed by atoms with Crippen LogP contribution in [0.15, 0.2) is 26.9 Å². The Balaban J connectivity index is 2.64. The molecule has 6 nitrogen and oxygen atoms in total. The Morgan fingerprint density at radius 3 is 2.42 bits per heavy atom. The molecule has 0 saturated heterocycles. The van der Waals surface area contributed by atoms with E-state index >= 15 is 0 Å². The summed E-state index contributed by atoms with van der Waals surface area (Å²) in [7, 11) is -3.49. The number of nitrogens with zero attached hydrogens (tertiary/aromatic N) is 1. The maximum absolute atomic E-state index is 12.0. The van der Waals surface area contributed by atoms with E-state index in [-0.39, 0.29) is 21.3 Å². The molecule has 0 unspecified atom stereocenters. The zero-order valence-electron chi connectivity index (χ0n) is 10.5. The van der Waals surface area contributed by atoms with E-state index in [9.17, 15) is 13.2 Å². The summed E-state index contributed by atoms with van der Waals surface area (Å²) in [6, 6.07) is 2.96. The zero-order valence-corrected chi connectivity index (χ0v) is 11.3. The Bertz CT molecular complexity index is 742. The average molecular weight is 279 g/mol. The highest BCUT2D eigenvalue weighted by Gasteiger charge is 2.28. The number of sulfone groups is 1. The summed E-state index contributed by atoms with van der Waals surface area (Å²) in [5.41, 5.74) is 11.7. The van der Waals surface area contributed by atoms with Gasteiger partial charge < -0.3 is 11.5 Å². The van der Waals surface area contributed by atoms with Gasteiger partial charge in [-0.2, -0.15) is 4.99 Å². The lowest BCUT2D eigenvalue weighted by molar-refractivity contribution is 0.100. The van der Waals surface area contributed by atoms with Crippen molar-refractivity contribution in [1.29, 1.82) is 0 Å². The largest absolute Gasteiger partial charge is 0.370 e. The van der Waals surface area contributed by atoms with Crippen LogP contribution < -0.4 is 11.5 Å². The van der Waals surface area contributed by atoms with Crippen molar-refractivity contribution in [2.24, 2.45) is 16.5 Å². The lowest BCUT2D eigenvalue weighted by atomic mass is 10.0. The summed E-state index contributed by atoms with van der Waals surface area (Å²) in [6.45, 7) is 3.21. The highest BCUT2D eigenvalue weighted by atomic mass is 32.2. The van der Waals surface area contributed by atoms with Gasteiger partial charge in [-0.25, -0.2) is 8.42 Å². The maximum atomic E-state index is 12.0. The highest BCUT2D eigenvalue weighted by molar-refractivity contribution is 7.95. The molecule has 1 aromatic rings. The third-order valence-corrected chi connectivity index (χ3v) is 4.79. The number of aryl methyl sites for hydroxylation is 1. The fraction of sp³-hybridized carbons (Fsp3) is 0.167. The van der Waals surface area contributed by atoms with Gasteiger partial charge in [0.1, 0.15) is 0 Å². The first-order valence-corrected chi connectivity index (χ1v) is 6.94. The van der Waals surface area contributed by atoms with Crippen LogP contribution in [0.3, 0.4) is 0 Å². The third-order valence-electron chi connectivity index (χ3n) is 2.89. The molecular formula is C12H13N3O3S. The van der Waals surface area contributed by atoms with Gasteiger partial charge >= 0.3 is 0 Å². The lowest BCUT2D eigenvalue weighted by Gasteiger charge is -2.06. The Hall–Kier alpha value is -2.15. The molecule has 1 heterocycles. The van der Waals surface area contributed by atoms with Crippen molar-refractivity contribution >= 4 is 27.8 Å². The van der Waals surface area contributed by atoms with Crippen LogP contribution >= 0.6 is 0 Å². The molecular weight excluding hydrogens is 266 g/mol. The van der Waals surface area contributed by atoms with Gasteiger partial charge in [-0.15, -0.1) is 0 Å². The van der Waals surface area contributed by atoms with Crippen LogP contribution in [0.4, 0.5) is 0 Å². The predicted molar refractivity (Wildman–Crippen MR) is 72.2 cm³/mol. The molecule has 0 spiro atoms. The summed E-state index contributed by atoms with van der Waals surface area (Å²) in [5, 5.41) is 0. The van der Waals surface area contributed by atoms with Gasteiger partial charge in [0.05, 0.1) is 4.90 Å². The topological polar surface area (TPSA) is 116 Å². The van der Waals surface area contributed by atoms with Crippen LogP contribution in [0.2, 0.25) is 0 Å². The summed E-state index contributed by atoms with van der Waals surface area (Å²) >= 11 is 0. The monoisotopic (exact) mass is 279 g/mol. The number of guanidine groups is 1. The molecule has 0 saturated carbocycles. The molecule has 0 bridgehead atoms. The van der Waals surface area contributed by atoms with Crippen LogP contribution in [0.1, 0.15) is 28.4 Å². The highest BCUT2D eigenvalue weighted by Crippen LogP contribution is 2.34. The molecule has 1 aliphatic heterocycles. The smallest absolute Gasteiger partial charge is 0.280 e. The Morgan fingerprint density at radius 1 is 1.21 bits per heavy atom. The van der Waals surface area contributed by atoms with Crippen molar-refractivity contribution in [3.05, 3.63) is 33.7 Å². The number of benzene rings is 1. The molecule has 0 atom stereocenters. The van der Waals surface area contributed by atoms with Gasteiger partial charge in [-0.05, 0) is 43.2 Å². The number of rotatable bonds is 1. The van der Waals surface area contributed by atoms with Crippen LogP contribution in [-0.4, -0.2) is 20.3 Å². The number of aliphatic imine (C=N–C) groups is 1. The van der Waals surface area contributed by atoms with E-state index in [1.165, 1.54) is 13.0 Å². The Kier molecular flexibility index (Phi) is 2.94. The van der Waals surface area contributed by atoms with Gasteiger partial charge in [-0.3, -0.25) is 4.79 Å². The van der Waals surface area contributed by atoms with Gasteiger partial charge in [0, 0.05) is 10.5 Å². The number of fused-ring (bicyclic) bond motifs is 1. The summed E-state index contributed by atoms with van der Waals surface area (Å²) in [5.74, 6) is -1.01. The quantitative estimate of drug-likeness (QED) is 0.575. The molecule has 0 aromatic heterocycles. The molecule has 7 heteroatoms. The molecule has 100 valence electrons. The van der Waals surface area contributed by atoms with Crippen LogP contribution in [-0.2, 0) is 9.84 Å². The average Bonchev–Trinajstić information content (AvgIpc) is 2.47. The van der Waals surface area contributed by atoms with Crippen molar-refractivity contribution in [1.82, 2.24) is 0 Å². The van der Waals surface area contributed by atoms with Gasteiger partial charge in [0.15, 0.2) is 5.96 Å². The fourth-order valence-corrected chi connectivity index (χ4v) is 3.26. The molecule has 2 rings (SSSR count). The van der Waals surface area contributed by atoms with E-state index in [0.29, 0.717) is 11.1 Å². The fourth-order valence-electron chi connectivity index (χ4n) is 1.93. The van der Waals surface area contributed by atoms with E-state index in [4.69, 9.17) is 11.5 Å². The van der Waals surface area contributed by atoms with E-state index in [0.717, 1.165) is 0 Å². The minimum absolute atomic E-state index is 0.116. The molecule has 1 amide bonds. The number of carbonyl (C=O) groups excluding carboxylic acids is 1. The van der Waals surface area contributed by atoms with E-state index < -0.39 is 15.7 Å². The molecule has 0 aliphatic carbocycles. The minimum Gasteiger partial charge on any atom is -0.370 e. The van der Waals surface area contributed by atoms with E-state index in [1.807, 2.05) is 0 Å². The first-order valence-electron chi connectivity index (χ1n) is 5.45. The van der Waals surface area contributed by atoms with Crippen LogP contribution in [0.5, 0.6) is 0 Å². The predicted octanol–water partition coefficient (Wildman–Crippen LogP) is 0.557. The van der Waals surface area contributed by atoms with Crippen LogP contribution in [0.25, 0.3) is 6.08 Å². The van der Waals surface area contributed by atoms with Gasteiger partial charge in [-0.1, -0.05) is 0 Å². The molecule has 0 radical (unpaired) electrons. The second-order valence-electron chi connectivity index (χ2n) is 4.31. The standard InChI is InChI=1S/C12H13N3O3S/c1-6-3-8-4-7(2)19(17,18)10(8)5-9(6)11(16)15-12(13)14/h3-5H,1-2H3,(H4,13,14,15,16). The second kappa shape index (κ2) is 4.20. The summed E-state index contributed by atoms with van der Waals surface area (Å²) < 4.78 is 24.1. The van der Waals surface area contributed by atoms with E-state index in [1.54, 1.807) is 19.1 Å². The molecule has 4 N–H and O–H groups in total. The third kappa shape index (κ3) is 2.12. The first-order chi connectivity index (χ1) is 8.73. The zero-order chi connectivity index (χ0) is 14.4. The number of hydrogen-bond acceptors (Lipinski definition) is 3. The summed E-state index contributed by atoms with van der Waals surface area (Å²) in [6.07, 6.45) is 1.58. The normalized spacial score (nSPS) is 15.6. The SMILES string of the molecule is CC1=Cc2cc(C)c(C(=O)N=C(N)N)cc2S1(=O)=O. The molecule has 1 aromatic carbocycles. The number of nitrogens with two attached hydrogens (primary N) is 2. The minimum atomic E-state index is -3.49.